The molecule has 1 aromatic heterocycles. The van der Waals surface area contributed by atoms with Crippen molar-refractivity contribution in [1.29, 1.82) is 0 Å². The molecule has 1 unspecified atom stereocenters. The molecule has 2 aromatic rings. The molecular weight excluding hydrogens is 366 g/mol. The number of aryl methyl sites for hydroxylation is 1. The molecule has 0 spiro atoms. The molecule has 1 fully saturated rings. The number of likely N-dealkylation sites (tertiary alicyclic amines) is 1. The lowest BCUT2D eigenvalue weighted by Crippen LogP contribution is -2.45. The molecule has 8 heteroatoms. The number of carbonyl (C=O) groups is 1. The van der Waals surface area contributed by atoms with Crippen molar-refractivity contribution in [3.8, 4) is 0 Å². The molecule has 1 atom stereocenters. The Balaban J connectivity index is 1.67. The Bertz CT molecular complexity index is 856. The van der Waals surface area contributed by atoms with E-state index in [1.165, 1.54) is 4.68 Å². The zero-order valence-electron chi connectivity index (χ0n) is 16.0. The third-order valence-electron chi connectivity index (χ3n) is 4.93. The van der Waals surface area contributed by atoms with Crippen LogP contribution in [0.25, 0.3) is 0 Å². The number of nitrogens with zero attached hydrogens (tertiary/aromatic N) is 4. The van der Waals surface area contributed by atoms with Gasteiger partial charge < -0.3 is 10.2 Å². The summed E-state index contributed by atoms with van der Waals surface area (Å²) < 4.78 is 3.12. The zero-order valence-corrected chi connectivity index (χ0v) is 16.7. The average molecular weight is 392 g/mol. The van der Waals surface area contributed by atoms with Gasteiger partial charge in [-0.1, -0.05) is 23.7 Å². The summed E-state index contributed by atoms with van der Waals surface area (Å²) in [7, 11) is 1.67. The van der Waals surface area contributed by atoms with E-state index in [1.807, 2.05) is 43.0 Å². The molecule has 7 nitrogen and oxygen atoms in total. The number of halogens is 1. The van der Waals surface area contributed by atoms with Crippen LogP contribution in [-0.4, -0.2) is 38.4 Å². The van der Waals surface area contributed by atoms with Crippen LogP contribution in [0.5, 0.6) is 0 Å². The maximum atomic E-state index is 12.6. The highest BCUT2D eigenvalue weighted by Crippen LogP contribution is 2.26. The van der Waals surface area contributed by atoms with Crippen LogP contribution in [0, 0.1) is 0 Å². The van der Waals surface area contributed by atoms with Crippen molar-refractivity contribution in [3.05, 3.63) is 51.2 Å². The molecule has 3 rings (SSSR count). The first-order valence-electron chi connectivity index (χ1n) is 9.29. The molecule has 1 aromatic carbocycles. The Kier molecular flexibility index (Phi) is 5.89. The van der Waals surface area contributed by atoms with Crippen molar-refractivity contribution in [1.82, 2.24) is 24.6 Å². The highest BCUT2D eigenvalue weighted by atomic mass is 35.5. The fourth-order valence-electron chi connectivity index (χ4n) is 3.53. The van der Waals surface area contributed by atoms with Gasteiger partial charge in [-0.15, -0.1) is 0 Å². The molecule has 0 bridgehead atoms. The monoisotopic (exact) mass is 391 g/mol. The van der Waals surface area contributed by atoms with Gasteiger partial charge in [-0.05, 0) is 44.4 Å². The van der Waals surface area contributed by atoms with Gasteiger partial charge in [0.25, 0.3) is 0 Å². The summed E-state index contributed by atoms with van der Waals surface area (Å²) in [5.41, 5.74) is 0.893. The first-order chi connectivity index (χ1) is 12.9. The number of rotatable bonds is 4. The van der Waals surface area contributed by atoms with Gasteiger partial charge in [0.15, 0.2) is 0 Å². The molecule has 146 valence electrons. The topological polar surface area (TPSA) is 72.2 Å². The van der Waals surface area contributed by atoms with Crippen LogP contribution in [0.4, 0.5) is 4.79 Å². The lowest BCUT2D eigenvalue weighted by Gasteiger charge is -2.32. The van der Waals surface area contributed by atoms with E-state index < -0.39 is 0 Å². The molecule has 2 amide bonds. The standard InChI is InChI=1S/C19H26ClN5O2/c1-13(2)25-17(22-23(3)19(25)27)15-5-4-10-24(12-15)18(26)21-11-14-6-8-16(20)9-7-14/h6-9,13,15H,4-5,10-12H2,1-3H3,(H,21,26). The van der Waals surface area contributed by atoms with Gasteiger partial charge in [0.1, 0.15) is 5.82 Å². The summed E-state index contributed by atoms with van der Waals surface area (Å²) in [6.45, 7) is 5.69. The van der Waals surface area contributed by atoms with Gasteiger partial charge in [0.05, 0.1) is 0 Å². The normalized spacial score (nSPS) is 17.4. The highest BCUT2D eigenvalue weighted by Gasteiger charge is 2.29. The number of piperidine rings is 1. The number of hydrogen-bond donors (Lipinski definition) is 1. The quantitative estimate of drug-likeness (QED) is 0.870. The van der Waals surface area contributed by atoms with Crippen LogP contribution < -0.4 is 11.0 Å². The molecule has 1 aliphatic rings. The van der Waals surface area contributed by atoms with Crippen LogP contribution >= 0.6 is 11.6 Å². The van der Waals surface area contributed by atoms with Crippen molar-refractivity contribution < 1.29 is 4.79 Å². The van der Waals surface area contributed by atoms with Crippen LogP contribution in [-0.2, 0) is 13.6 Å². The van der Waals surface area contributed by atoms with Crippen molar-refractivity contribution in [2.24, 2.45) is 7.05 Å². The first kappa shape index (κ1) is 19.5. The summed E-state index contributed by atoms with van der Waals surface area (Å²) in [6, 6.07) is 7.37. The van der Waals surface area contributed by atoms with Crippen LogP contribution in [0.2, 0.25) is 5.02 Å². The van der Waals surface area contributed by atoms with E-state index in [0.29, 0.717) is 24.7 Å². The van der Waals surface area contributed by atoms with E-state index >= 15 is 0 Å². The number of aromatic nitrogens is 3. The molecule has 0 radical (unpaired) electrons. The molecule has 1 N–H and O–H groups in total. The Morgan fingerprint density at radius 3 is 2.70 bits per heavy atom. The Hall–Kier alpha value is -2.28. The molecule has 27 heavy (non-hydrogen) atoms. The number of nitrogens with one attached hydrogen (secondary N) is 1. The molecule has 1 saturated heterocycles. The predicted molar refractivity (Wildman–Crippen MR) is 105 cm³/mol. The maximum Gasteiger partial charge on any atom is 0.345 e. The molecule has 2 heterocycles. The van der Waals surface area contributed by atoms with Gasteiger partial charge in [-0.2, -0.15) is 5.10 Å². The van der Waals surface area contributed by atoms with Gasteiger partial charge in [0.2, 0.25) is 0 Å². The third kappa shape index (κ3) is 4.35. The SMILES string of the molecule is CC(C)n1c(C2CCCN(C(=O)NCc3ccc(Cl)cc3)C2)nn(C)c1=O. The second-order valence-electron chi connectivity index (χ2n) is 7.30. The Morgan fingerprint density at radius 1 is 1.33 bits per heavy atom. The second-order valence-corrected chi connectivity index (χ2v) is 7.73. The van der Waals surface area contributed by atoms with Gasteiger partial charge >= 0.3 is 11.7 Å². The highest BCUT2D eigenvalue weighted by molar-refractivity contribution is 6.30. The minimum atomic E-state index is -0.107. The minimum absolute atomic E-state index is 0.0373. The fourth-order valence-corrected chi connectivity index (χ4v) is 3.65. The molecule has 0 aliphatic carbocycles. The van der Waals surface area contributed by atoms with Gasteiger partial charge in [0, 0.05) is 43.7 Å². The summed E-state index contributed by atoms with van der Waals surface area (Å²) in [5, 5.41) is 8.09. The van der Waals surface area contributed by atoms with Crippen LogP contribution in [0.3, 0.4) is 0 Å². The van der Waals surface area contributed by atoms with E-state index in [0.717, 1.165) is 24.2 Å². The lowest BCUT2D eigenvalue weighted by atomic mass is 9.97. The molecular formula is C19H26ClN5O2. The first-order valence-corrected chi connectivity index (χ1v) is 9.67. The largest absolute Gasteiger partial charge is 0.345 e. The third-order valence-corrected chi connectivity index (χ3v) is 5.18. The predicted octanol–water partition coefficient (Wildman–Crippen LogP) is 2.91. The number of hydrogen-bond acceptors (Lipinski definition) is 3. The van der Waals surface area contributed by atoms with E-state index in [9.17, 15) is 9.59 Å². The summed E-state index contributed by atoms with van der Waals surface area (Å²) in [4.78, 5) is 26.7. The van der Waals surface area contributed by atoms with E-state index in [4.69, 9.17) is 11.6 Å². The summed E-state index contributed by atoms with van der Waals surface area (Å²) in [5.74, 6) is 0.837. The van der Waals surface area contributed by atoms with E-state index in [-0.39, 0.29) is 23.7 Å². The van der Waals surface area contributed by atoms with Crippen molar-refractivity contribution in [2.75, 3.05) is 13.1 Å². The second kappa shape index (κ2) is 8.17. The number of carbonyl (C=O) groups excluding carboxylic acids is 1. The summed E-state index contributed by atoms with van der Waals surface area (Å²) in [6.07, 6.45) is 1.81. The maximum absolute atomic E-state index is 12.6. The lowest BCUT2D eigenvalue weighted by molar-refractivity contribution is 0.177. The van der Waals surface area contributed by atoms with Crippen molar-refractivity contribution >= 4 is 17.6 Å². The van der Waals surface area contributed by atoms with Crippen LogP contribution in [0.1, 0.15) is 50.0 Å². The van der Waals surface area contributed by atoms with Crippen molar-refractivity contribution in [3.63, 3.8) is 0 Å². The summed E-state index contributed by atoms with van der Waals surface area (Å²) >= 11 is 5.89. The fraction of sp³-hybridized carbons (Fsp3) is 0.526. The average Bonchev–Trinajstić information content (AvgIpc) is 2.96. The number of amides is 2. The molecule has 0 saturated carbocycles. The minimum Gasteiger partial charge on any atom is -0.334 e. The molecule has 1 aliphatic heterocycles. The number of benzene rings is 1. The smallest absolute Gasteiger partial charge is 0.334 e. The van der Waals surface area contributed by atoms with Gasteiger partial charge in [-0.25, -0.2) is 14.3 Å². The Labute approximate surface area is 163 Å². The Morgan fingerprint density at radius 2 is 2.04 bits per heavy atom. The van der Waals surface area contributed by atoms with E-state index in [1.54, 1.807) is 11.6 Å². The van der Waals surface area contributed by atoms with E-state index in [2.05, 4.69) is 10.4 Å². The zero-order chi connectivity index (χ0) is 19.6. The van der Waals surface area contributed by atoms with Crippen molar-refractivity contribution in [2.45, 2.75) is 45.2 Å². The number of urea groups is 1. The van der Waals surface area contributed by atoms with Crippen LogP contribution in [0.15, 0.2) is 29.1 Å². The van der Waals surface area contributed by atoms with Gasteiger partial charge in [-0.3, -0.25) is 4.57 Å².